The fourth-order valence-corrected chi connectivity index (χ4v) is 1.67. The van der Waals surface area contributed by atoms with Crippen LogP contribution in [0.3, 0.4) is 0 Å². The van der Waals surface area contributed by atoms with Crippen LogP contribution in [0.1, 0.15) is 5.56 Å². The molecule has 0 atom stereocenters. The Morgan fingerprint density at radius 2 is 1.80 bits per heavy atom. The van der Waals surface area contributed by atoms with E-state index in [0.717, 1.165) is 23.4 Å². The summed E-state index contributed by atoms with van der Waals surface area (Å²) in [6.45, 7) is 4.56. The van der Waals surface area contributed by atoms with Gasteiger partial charge < -0.3 is 10.1 Å². The summed E-state index contributed by atoms with van der Waals surface area (Å²) in [7, 11) is 0. The van der Waals surface area contributed by atoms with Crippen molar-refractivity contribution in [3.05, 3.63) is 72.3 Å². The van der Waals surface area contributed by atoms with E-state index in [4.69, 9.17) is 4.74 Å². The van der Waals surface area contributed by atoms with Crippen molar-refractivity contribution in [1.82, 2.24) is 0 Å². The Labute approximate surface area is 116 Å². The van der Waals surface area contributed by atoms with Gasteiger partial charge in [0.05, 0.1) is 0 Å². The minimum atomic E-state index is -0.858. The van der Waals surface area contributed by atoms with Crippen LogP contribution in [0.2, 0.25) is 0 Å². The molecule has 0 aromatic heterocycles. The monoisotopic (exact) mass is 275 g/mol. The normalized spacial score (nSPS) is 10.1. The summed E-state index contributed by atoms with van der Waals surface area (Å²) in [5, 5.41) is 3.03. The SMILES string of the molecule is C=CCOc1ccc(CNc2ccc(F)c(F)c2)cc1. The molecule has 4 heteroatoms. The molecule has 0 unspecified atom stereocenters. The van der Waals surface area contributed by atoms with Crippen LogP contribution in [0.5, 0.6) is 5.75 Å². The van der Waals surface area contributed by atoms with E-state index in [1.165, 1.54) is 6.07 Å². The maximum atomic E-state index is 13.0. The van der Waals surface area contributed by atoms with E-state index in [0.29, 0.717) is 18.8 Å². The van der Waals surface area contributed by atoms with Crippen molar-refractivity contribution >= 4 is 5.69 Å². The molecule has 2 aromatic rings. The molecule has 0 saturated carbocycles. The van der Waals surface area contributed by atoms with Crippen LogP contribution in [0, 0.1) is 11.6 Å². The molecule has 0 aliphatic carbocycles. The zero-order valence-electron chi connectivity index (χ0n) is 10.9. The molecule has 20 heavy (non-hydrogen) atoms. The third-order valence-electron chi connectivity index (χ3n) is 2.71. The molecule has 0 radical (unpaired) electrons. The first-order valence-electron chi connectivity index (χ1n) is 6.20. The highest BCUT2D eigenvalue weighted by Crippen LogP contribution is 2.16. The standard InChI is InChI=1S/C16H15F2NO/c1-2-9-20-14-6-3-12(4-7-14)11-19-13-5-8-15(17)16(18)10-13/h2-8,10,19H,1,9,11H2. The van der Waals surface area contributed by atoms with Gasteiger partial charge in [-0.1, -0.05) is 24.8 Å². The van der Waals surface area contributed by atoms with Crippen LogP contribution in [0.4, 0.5) is 14.5 Å². The number of ether oxygens (including phenoxy) is 1. The highest BCUT2D eigenvalue weighted by molar-refractivity contribution is 5.44. The summed E-state index contributed by atoms with van der Waals surface area (Å²) >= 11 is 0. The van der Waals surface area contributed by atoms with E-state index in [1.807, 2.05) is 24.3 Å². The molecule has 1 N–H and O–H groups in total. The van der Waals surface area contributed by atoms with Gasteiger partial charge >= 0.3 is 0 Å². The van der Waals surface area contributed by atoms with E-state index in [1.54, 1.807) is 6.08 Å². The molecule has 0 spiro atoms. The van der Waals surface area contributed by atoms with E-state index in [-0.39, 0.29) is 0 Å². The Bertz CT molecular complexity index is 582. The second kappa shape index (κ2) is 6.70. The van der Waals surface area contributed by atoms with E-state index < -0.39 is 11.6 Å². The highest BCUT2D eigenvalue weighted by Gasteiger charge is 2.02. The van der Waals surface area contributed by atoms with Gasteiger partial charge in [-0.3, -0.25) is 0 Å². The predicted molar refractivity (Wildman–Crippen MR) is 75.8 cm³/mol. The van der Waals surface area contributed by atoms with Gasteiger partial charge in [0.15, 0.2) is 11.6 Å². The smallest absolute Gasteiger partial charge is 0.160 e. The fraction of sp³-hybridized carbons (Fsp3) is 0.125. The van der Waals surface area contributed by atoms with Crippen molar-refractivity contribution in [1.29, 1.82) is 0 Å². The Morgan fingerprint density at radius 3 is 2.45 bits per heavy atom. The molecule has 2 aromatic carbocycles. The van der Waals surface area contributed by atoms with E-state index in [2.05, 4.69) is 11.9 Å². The van der Waals surface area contributed by atoms with Crippen molar-refractivity contribution in [2.45, 2.75) is 6.54 Å². The first-order valence-corrected chi connectivity index (χ1v) is 6.20. The fourth-order valence-electron chi connectivity index (χ4n) is 1.67. The predicted octanol–water partition coefficient (Wildman–Crippen LogP) is 4.14. The minimum Gasteiger partial charge on any atom is -0.490 e. The van der Waals surface area contributed by atoms with Gasteiger partial charge in [0, 0.05) is 18.3 Å². The zero-order valence-corrected chi connectivity index (χ0v) is 10.9. The summed E-state index contributed by atoms with van der Waals surface area (Å²) < 4.78 is 31.2. The number of halogens is 2. The number of benzene rings is 2. The van der Waals surface area contributed by atoms with Crippen molar-refractivity contribution in [2.24, 2.45) is 0 Å². The first kappa shape index (κ1) is 14.1. The average molecular weight is 275 g/mol. The lowest BCUT2D eigenvalue weighted by Crippen LogP contribution is -2.00. The summed E-state index contributed by atoms with van der Waals surface area (Å²) in [6.07, 6.45) is 1.68. The molecule has 0 heterocycles. The van der Waals surface area contributed by atoms with Crippen LogP contribution in [0.25, 0.3) is 0 Å². The zero-order chi connectivity index (χ0) is 14.4. The number of hydrogen-bond acceptors (Lipinski definition) is 2. The molecule has 0 bridgehead atoms. The Hall–Kier alpha value is -2.36. The molecule has 104 valence electrons. The van der Waals surface area contributed by atoms with Crippen LogP contribution in [0.15, 0.2) is 55.1 Å². The summed E-state index contributed by atoms with van der Waals surface area (Å²) in [5.41, 5.74) is 1.55. The quantitative estimate of drug-likeness (QED) is 0.800. The Morgan fingerprint density at radius 1 is 1.05 bits per heavy atom. The first-order chi connectivity index (χ1) is 9.69. The van der Waals surface area contributed by atoms with Gasteiger partial charge in [0.1, 0.15) is 12.4 Å². The van der Waals surface area contributed by atoms with Gasteiger partial charge in [-0.2, -0.15) is 0 Å². The highest BCUT2D eigenvalue weighted by atomic mass is 19.2. The van der Waals surface area contributed by atoms with Gasteiger partial charge in [-0.05, 0) is 29.8 Å². The largest absolute Gasteiger partial charge is 0.490 e. The molecule has 0 aliphatic heterocycles. The van der Waals surface area contributed by atoms with Crippen molar-refractivity contribution in [2.75, 3.05) is 11.9 Å². The average Bonchev–Trinajstić information content (AvgIpc) is 2.47. The van der Waals surface area contributed by atoms with Crippen molar-refractivity contribution in [3.8, 4) is 5.75 Å². The maximum absolute atomic E-state index is 13.0. The lowest BCUT2D eigenvalue weighted by atomic mass is 10.2. The Balaban J connectivity index is 1.93. The van der Waals surface area contributed by atoms with Crippen LogP contribution in [-0.4, -0.2) is 6.61 Å². The molecule has 0 saturated heterocycles. The molecule has 0 amide bonds. The molecule has 2 nitrogen and oxygen atoms in total. The van der Waals surface area contributed by atoms with E-state index >= 15 is 0 Å². The summed E-state index contributed by atoms with van der Waals surface area (Å²) in [4.78, 5) is 0. The molecule has 0 fully saturated rings. The van der Waals surface area contributed by atoms with Crippen LogP contribution in [-0.2, 0) is 6.54 Å². The number of anilines is 1. The summed E-state index contributed by atoms with van der Waals surface area (Å²) in [5.74, 6) is -0.941. The molecule has 2 rings (SSSR count). The second-order valence-electron chi connectivity index (χ2n) is 4.23. The van der Waals surface area contributed by atoms with Crippen LogP contribution >= 0.6 is 0 Å². The minimum absolute atomic E-state index is 0.465. The summed E-state index contributed by atoms with van der Waals surface area (Å²) in [6, 6.07) is 11.3. The lowest BCUT2D eigenvalue weighted by molar-refractivity contribution is 0.363. The number of nitrogens with one attached hydrogen (secondary N) is 1. The maximum Gasteiger partial charge on any atom is 0.160 e. The Kier molecular flexibility index (Phi) is 4.71. The van der Waals surface area contributed by atoms with Gasteiger partial charge in [0.2, 0.25) is 0 Å². The van der Waals surface area contributed by atoms with Gasteiger partial charge in [-0.25, -0.2) is 8.78 Å². The van der Waals surface area contributed by atoms with Crippen LogP contribution < -0.4 is 10.1 Å². The second-order valence-corrected chi connectivity index (χ2v) is 4.23. The molecule has 0 aliphatic rings. The molecular formula is C16H15F2NO. The van der Waals surface area contributed by atoms with E-state index in [9.17, 15) is 8.78 Å². The van der Waals surface area contributed by atoms with Gasteiger partial charge in [0.25, 0.3) is 0 Å². The third kappa shape index (κ3) is 3.82. The number of hydrogen-bond donors (Lipinski definition) is 1. The van der Waals surface area contributed by atoms with Gasteiger partial charge in [-0.15, -0.1) is 0 Å². The lowest BCUT2D eigenvalue weighted by Gasteiger charge is -2.08. The number of rotatable bonds is 6. The van der Waals surface area contributed by atoms with Crippen molar-refractivity contribution in [3.63, 3.8) is 0 Å². The topological polar surface area (TPSA) is 21.3 Å². The third-order valence-corrected chi connectivity index (χ3v) is 2.71. The molecular weight excluding hydrogens is 260 g/mol. The van der Waals surface area contributed by atoms with Crippen molar-refractivity contribution < 1.29 is 13.5 Å².